The molecule has 5 rings (SSSR count). The number of carbonyl (C=O) groups excluding carboxylic acids is 1. The van der Waals surface area contributed by atoms with Gasteiger partial charge in [0.1, 0.15) is 5.75 Å². The Kier molecular flexibility index (Phi) is 6.03. The van der Waals surface area contributed by atoms with Gasteiger partial charge < -0.3 is 10.1 Å². The molecule has 0 fully saturated rings. The number of nitrogens with zero attached hydrogens (tertiary/aromatic N) is 5. The molecule has 1 aromatic carbocycles. The first-order valence-corrected chi connectivity index (χ1v) is 11.7. The Hall–Kier alpha value is -3.71. The smallest absolute Gasteiger partial charge is 0.433 e. The number of halogens is 4. The highest BCUT2D eigenvalue weighted by Crippen LogP contribution is 2.33. The number of alkyl halides is 3. The number of benzene rings is 1. The Balaban J connectivity index is 1.35. The molecule has 0 saturated carbocycles. The maximum Gasteiger partial charge on any atom is 0.433 e. The summed E-state index contributed by atoms with van der Waals surface area (Å²) in [6.45, 7) is 0.0935. The molecule has 0 aliphatic heterocycles. The Bertz CT molecular complexity index is 1500. The van der Waals surface area contributed by atoms with Crippen molar-refractivity contribution in [1.29, 1.82) is 0 Å². The van der Waals surface area contributed by atoms with Crippen LogP contribution in [0.15, 0.2) is 70.8 Å². The fraction of sp³-hybridized carbons (Fsp3) is 0.0909. The molecule has 0 radical (unpaired) electrons. The standard InChI is InChI=1S/C22H14BrF3N6O2S/c23-13-3-5-15(6-4-13)34-12-31-11-14(10-27-31)28-21(33)17-9-20-29-16(18-2-1-7-35-18)8-19(22(24,25)26)32(20)30-17/h1-11H,12H2,(H,28,33). The summed E-state index contributed by atoms with van der Waals surface area (Å²) in [6, 6.07) is 12.8. The minimum Gasteiger partial charge on any atom is -0.471 e. The van der Waals surface area contributed by atoms with E-state index in [-0.39, 0.29) is 23.8 Å². The van der Waals surface area contributed by atoms with Crippen molar-refractivity contribution in [2.24, 2.45) is 0 Å². The predicted molar refractivity (Wildman–Crippen MR) is 126 cm³/mol. The molecule has 0 unspecified atom stereocenters. The van der Waals surface area contributed by atoms with E-state index in [1.54, 1.807) is 29.6 Å². The molecule has 0 bridgehead atoms. The molecule has 178 valence electrons. The van der Waals surface area contributed by atoms with Gasteiger partial charge in [0.2, 0.25) is 0 Å². The first kappa shape index (κ1) is 23.1. The first-order valence-electron chi connectivity index (χ1n) is 10.0. The number of ether oxygens (including phenoxy) is 1. The molecular formula is C22H14BrF3N6O2S. The second-order valence-corrected chi connectivity index (χ2v) is 9.11. The van der Waals surface area contributed by atoms with E-state index in [4.69, 9.17) is 4.74 Å². The van der Waals surface area contributed by atoms with Crippen molar-refractivity contribution in [2.75, 3.05) is 5.32 Å². The predicted octanol–water partition coefficient (Wildman–Crippen LogP) is 5.72. The molecule has 8 nitrogen and oxygen atoms in total. The van der Waals surface area contributed by atoms with Crippen molar-refractivity contribution in [1.82, 2.24) is 24.4 Å². The van der Waals surface area contributed by atoms with Crippen LogP contribution in [0.25, 0.3) is 16.2 Å². The number of anilines is 1. The SMILES string of the molecule is O=C(Nc1cnn(COc2ccc(Br)cc2)c1)c1cc2nc(-c3cccs3)cc(C(F)(F)F)n2n1. The molecule has 1 N–H and O–H groups in total. The molecule has 35 heavy (non-hydrogen) atoms. The zero-order chi connectivity index (χ0) is 24.6. The van der Waals surface area contributed by atoms with Gasteiger partial charge in [0, 0.05) is 10.5 Å². The van der Waals surface area contributed by atoms with Gasteiger partial charge in [-0.1, -0.05) is 22.0 Å². The van der Waals surface area contributed by atoms with Gasteiger partial charge in [0.15, 0.2) is 23.8 Å². The van der Waals surface area contributed by atoms with Crippen LogP contribution in [-0.2, 0) is 12.9 Å². The summed E-state index contributed by atoms with van der Waals surface area (Å²) in [4.78, 5) is 17.5. The van der Waals surface area contributed by atoms with E-state index in [1.165, 1.54) is 34.5 Å². The van der Waals surface area contributed by atoms with Crippen LogP contribution < -0.4 is 10.1 Å². The van der Waals surface area contributed by atoms with Gasteiger partial charge in [0.05, 0.1) is 28.7 Å². The van der Waals surface area contributed by atoms with Gasteiger partial charge in [-0.2, -0.15) is 23.4 Å². The fourth-order valence-corrected chi connectivity index (χ4v) is 4.15. The van der Waals surface area contributed by atoms with E-state index in [0.29, 0.717) is 20.8 Å². The topological polar surface area (TPSA) is 86.3 Å². The summed E-state index contributed by atoms with van der Waals surface area (Å²) >= 11 is 4.61. The normalized spacial score (nSPS) is 11.7. The molecule has 0 saturated heterocycles. The van der Waals surface area contributed by atoms with Gasteiger partial charge >= 0.3 is 6.18 Å². The summed E-state index contributed by atoms with van der Waals surface area (Å²) in [6.07, 6.45) is -1.77. The van der Waals surface area contributed by atoms with E-state index >= 15 is 0 Å². The zero-order valence-corrected chi connectivity index (χ0v) is 19.9. The lowest BCUT2D eigenvalue weighted by molar-refractivity contribution is -0.142. The van der Waals surface area contributed by atoms with Crippen LogP contribution in [0.1, 0.15) is 16.2 Å². The van der Waals surface area contributed by atoms with Crippen LogP contribution in [0.2, 0.25) is 0 Å². The average molecular weight is 563 g/mol. The third-order valence-electron chi connectivity index (χ3n) is 4.79. The van der Waals surface area contributed by atoms with Crippen LogP contribution >= 0.6 is 27.3 Å². The van der Waals surface area contributed by atoms with Crippen molar-refractivity contribution in [3.63, 3.8) is 0 Å². The quantitative estimate of drug-likeness (QED) is 0.286. The van der Waals surface area contributed by atoms with Gasteiger partial charge in [0.25, 0.3) is 5.91 Å². The molecule has 5 aromatic rings. The highest BCUT2D eigenvalue weighted by atomic mass is 79.9. The average Bonchev–Trinajstić information content (AvgIpc) is 3.58. The second-order valence-electron chi connectivity index (χ2n) is 7.25. The van der Waals surface area contributed by atoms with Crippen molar-refractivity contribution < 1.29 is 22.7 Å². The minimum absolute atomic E-state index is 0.0908. The highest BCUT2D eigenvalue weighted by Gasteiger charge is 2.35. The Morgan fingerprint density at radius 1 is 1.17 bits per heavy atom. The van der Waals surface area contributed by atoms with Crippen LogP contribution in [0.4, 0.5) is 18.9 Å². The number of rotatable bonds is 6. The molecular weight excluding hydrogens is 549 g/mol. The number of carbonyl (C=O) groups is 1. The molecule has 4 heterocycles. The zero-order valence-electron chi connectivity index (χ0n) is 17.5. The summed E-state index contributed by atoms with van der Waals surface area (Å²) in [5, 5.41) is 12.3. The lowest BCUT2D eigenvalue weighted by Crippen LogP contribution is -2.15. The largest absolute Gasteiger partial charge is 0.471 e. The lowest BCUT2D eigenvalue weighted by atomic mass is 10.2. The molecule has 4 aromatic heterocycles. The second kappa shape index (κ2) is 9.15. The summed E-state index contributed by atoms with van der Waals surface area (Å²) in [7, 11) is 0. The number of thiophene rings is 1. The van der Waals surface area contributed by atoms with E-state index in [1.807, 2.05) is 12.1 Å². The van der Waals surface area contributed by atoms with E-state index in [2.05, 4.69) is 36.4 Å². The number of aromatic nitrogens is 5. The third-order valence-corrected chi connectivity index (χ3v) is 6.21. The van der Waals surface area contributed by atoms with Crippen molar-refractivity contribution in [3.8, 4) is 16.3 Å². The van der Waals surface area contributed by atoms with Gasteiger partial charge in [-0.15, -0.1) is 11.3 Å². The molecule has 0 aliphatic carbocycles. The monoisotopic (exact) mass is 562 g/mol. The summed E-state index contributed by atoms with van der Waals surface area (Å²) in [5.41, 5.74) is -0.853. The molecule has 0 aliphatic rings. The van der Waals surface area contributed by atoms with Crippen LogP contribution in [0.3, 0.4) is 0 Å². The summed E-state index contributed by atoms with van der Waals surface area (Å²) in [5.74, 6) is -0.0662. The number of nitrogens with one attached hydrogen (secondary N) is 1. The van der Waals surface area contributed by atoms with Gasteiger partial charge in [-0.05, 0) is 41.8 Å². The minimum atomic E-state index is -4.69. The molecule has 1 amide bonds. The van der Waals surface area contributed by atoms with Gasteiger partial charge in [-0.3, -0.25) is 4.79 Å². The number of fused-ring (bicyclic) bond motifs is 1. The van der Waals surface area contributed by atoms with Crippen LogP contribution in [0, 0.1) is 0 Å². The molecule has 13 heteroatoms. The van der Waals surface area contributed by atoms with Crippen LogP contribution in [-0.4, -0.2) is 30.3 Å². The van der Waals surface area contributed by atoms with Crippen molar-refractivity contribution in [2.45, 2.75) is 12.9 Å². The molecule has 0 spiro atoms. The highest BCUT2D eigenvalue weighted by molar-refractivity contribution is 9.10. The molecule has 0 atom stereocenters. The van der Waals surface area contributed by atoms with Gasteiger partial charge in [-0.25, -0.2) is 14.2 Å². The van der Waals surface area contributed by atoms with Crippen molar-refractivity contribution in [3.05, 3.63) is 82.2 Å². The lowest BCUT2D eigenvalue weighted by Gasteiger charge is -2.10. The van der Waals surface area contributed by atoms with Crippen molar-refractivity contribution >= 4 is 44.5 Å². The maximum atomic E-state index is 13.7. The Morgan fingerprint density at radius 3 is 2.69 bits per heavy atom. The number of hydrogen-bond acceptors (Lipinski definition) is 6. The first-order chi connectivity index (χ1) is 16.8. The fourth-order valence-electron chi connectivity index (χ4n) is 3.20. The Labute approximate surface area is 208 Å². The van der Waals surface area contributed by atoms with E-state index < -0.39 is 17.8 Å². The maximum absolute atomic E-state index is 13.7. The van der Waals surface area contributed by atoms with E-state index in [9.17, 15) is 18.0 Å². The number of amides is 1. The van der Waals surface area contributed by atoms with E-state index in [0.717, 1.165) is 10.5 Å². The Morgan fingerprint density at radius 2 is 1.97 bits per heavy atom. The van der Waals surface area contributed by atoms with Crippen LogP contribution in [0.5, 0.6) is 5.75 Å². The summed E-state index contributed by atoms with van der Waals surface area (Å²) < 4.78 is 49.7. The third kappa shape index (κ3) is 5.05. The number of hydrogen-bond donors (Lipinski definition) is 1.